The second kappa shape index (κ2) is 10.0. The van der Waals surface area contributed by atoms with E-state index in [0.29, 0.717) is 10.8 Å². The molecule has 30 heavy (non-hydrogen) atoms. The molecule has 1 N–H and O–H groups in total. The summed E-state index contributed by atoms with van der Waals surface area (Å²) in [5.74, 6) is 1.06. The number of halogens is 1. The number of rotatable bonds is 7. The number of benzene rings is 2. The maximum atomic E-state index is 12.1. The molecule has 0 fully saturated rings. The van der Waals surface area contributed by atoms with E-state index in [1.165, 1.54) is 16.7 Å². The largest absolute Gasteiger partial charge is 0.316 e. The summed E-state index contributed by atoms with van der Waals surface area (Å²) < 4.78 is 2.09. The number of hydrazone groups is 1. The van der Waals surface area contributed by atoms with Crippen LogP contribution < -0.4 is 5.43 Å². The van der Waals surface area contributed by atoms with Crippen LogP contribution in [-0.4, -0.2) is 22.4 Å². The third kappa shape index (κ3) is 5.55. The second-order valence-electron chi connectivity index (χ2n) is 7.40. The summed E-state index contributed by atoms with van der Waals surface area (Å²) in [5, 5.41) is 4.83. The number of aromatic nitrogens is 1. The van der Waals surface area contributed by atoms with Crippen LogP contribution in [0.5, 0.6) is 0 Å². The van der Waals surface area contributed by atoms with Crippen molar-refractivity contribution in [2.45, 2.75) is 33.4 Å². The number of carbonyl (C=O) groups is 1. The van der Waals surface area contributed by atoms with Crippen LogP contribution in [0.3, 0.4) is 0 Å². The molecule has 2 aromatic carbocycles. The minimum Gasteiger partial charge on any atom is -0.316 e. The van der Waals surface area contributed by atoms with Gasteiger partial charge in [0.05, 0.1) is 22.7 Å². The van der Waals surface area contributed by atoms with Crippen LogP contribution in [0.4, 0.5) is 0 Å². The smallest absolute Gasteiger partial charge is 0.250 e. The molecule has 3 aromatic rings. The molecular formula is C24H26ClN3OS. The molecule has 3 rings (SSSR count). The molecule has 156 valence electrons. The van der Waals surface area contributed by atoms with Gasteiger partial charge in [-0.15, -0.1) is 11.8 Å². The molecule has 0 radical (unpaired) electrons. The average molecular weight is 440 g/mol. The maximum Gasteiger partial charge on any atom is 0.250 e. The van der Waals surface area contributed by atoms with Crippen LogP contribution >= 0.6 is 23.4 Å². The molecule has 0 saturated heterocycles. The molecule has 1 heterocycles. The van der Waals surface area contributed by atoms with Gasteiger partial charge in [-0.1, -0.05) is 53.1 Å². The van der Waals surface area contributed by atoms with Crippen LogP contribution in [0.2, 0.25) is 5.02 Å². The van der Waals surface area contributed by atoms with Crippen molar-refractivity contribution < 1.29 is 4.79 Å². The van der Waals surface area contributed by atoms with Gasteiger partial charge in [0.25, 0.3) is 0 Å². The Morgan fingerprint density at radius 3 is 2.50 bits per heavy atom. The molecule has 0 bridgehead atoms. The first kappa shape index (κ1) is 22.2. The van der Waals surface area contributed by atoms with Gasteiger partial charge < -0.3 is 4.57 Å². The molecular weight excluding hydrogens is 414 g/mol. The lowest BCUT2D eigenvalue weighted by atomic mass is 10.1. The zero-order valence-electron chi connectivity index (χ0n) is 17.7. The third-order valence-corrected chi connectivity index (χ3v) is 6.06. The Kier molecular flexibility index (Phi) is 7.40. The van der Waals surface area contributed by atoms with E-state index in [2.05, 4.69) is 47.1 Å². The average Bonchev–Trinajstić information content (AvgIpc) is 2.95. The molecule has 0 unspecified atom stereocenters. The summed E-state index contributed by atoms with van der Waals surface area (Å²) >= 11 is 7.94. The quantitative estimate of drug-likeness (QED) is 0.376. The van der Waals surface area contributed by atoms with E-state index in [1.807, 2.05) is 44.2 Å². The lowest BCUT2D eigenvalue weighted by molar-refractivity contribution is -0.118. The lowest BCUT2D eigenvalue weighted by Crippen LogP contribution is -2.19. The number of thioether (sulfide) groups is 1. The fraction of sp³-hybridized carbons (Fsp3) is 0.250. The van der Waals surface area contributed by atoms with Crippen molar-refractivity contribution in [3.8, 4) is 5.69 Å². The Labute approximate surface area is 187 Å². The van der Waals surface area contributed by atoms with Crippen molar-refractivity contribution in [2.24, 2.45) is 5.10 Å². The Morgan fingerprint density at radius 2 is 1.80 bits per heavy atom. The first-order valence-corrected chi connectivity index (χ1v) is 11.3. The Morgan fingerprint density at radius 1 is 1.10 bits per heavy atom. The van der Waals surface area contributed by atoms with Crippen LogP contribution in [0.25, 0.3) is 5.69 Å². The zero-order valence-corrected chi connectivity index (χ0v) is 19.3. The number of hydrogen-bond donors (Lipinski definition) is 1. The normalized spacial score (nSPS) is 11.2. The minimum absolute atomic E-state index is 0.111. The monoisotopic (exact) mass is 439 g/mol. The standard InChI is InChI=1S/C24H26ClN3OS/c1-16-9-17(2)11-20(10-16)14-30-15-24(29)27-26-13-21-12-18(3)28(19(21)4)23-8-6-5-7-22(23)25/h5-13H,14-15H2,1-4H3,(H,27,29)/b26-13+. The molecule has 1 aromatic heterocycles. The Bertz CT molecular complexity index is 1070. The van der Waals surface area contributed by atoms with Gasteiger partial charge in [-0.3, -0.25) is 4.79 Å². The molecule has 6 heteroatoms. The number of nitrogens with zero attached hydrogens (tertiary/aromatic N) is 2. The lowest BCUT2D eigenvalue weighted by Gasteiger charge is -2.11. The predicted octanol–water partition coefficient (Wildman–Crippen LogP) is 5.75. The van der Waals surface area contributed by atoms with Gasteiger partial charge in [-0.2, -0.15) is 5.10 Å². The van der Waals surface area contributed by atoms with Crippen molar-refractivity contribution in [1.82, 2.24) is 9.99 Å². The fourth-order valence-corrected chi connectivity index (χ4v) is 4.52. The third-order valence-electron chi connectivity index (χ3n) is 4.74. The van der Waals surface area contributed by atoms with Crippen LogP contribution in [0.1, 0.15) is 33.6 Å². The summed E-state index contributed by atoms with van der Waals surface area (Å²) in [5.41, 5.74) is 10.3. The number of aryl methyl sites for hydroxylation is 3. The summed E-state index contributed by atoms with van der Waals surface area (Å²) in [6.07, 6.45) is 1.68. The number of para-hydroxylation sites is 1. The van der Waals surface area contributed by atoms with Gasteiger partial charge >= 0.3 is 0 Å². The van der Waals surface area contributed by atoms with E-state index in [9.17, 15) is 4.79 Å². The van der Waals surface area contributed by atoms with Gasteiger partial charge in [-0.25, -0.2) is 5.43 Å². The van der Waals surface area contributed by atoms with Crippen LogP contribution in [0, 0.1) is 27.7 Å². The number of hydrogen-bond acceptors (Lipinski definition) is 3. The maximum absolute atomic E-state index is 12.1. The molecule has 1 amide bonds. The van der Waals surface area contributed by atoms with Gasteiger partial charge in [0, 0.05) is 22.7 Å². The van der Waals surface area contributed by atoms with Crippen LogP contribution in [0.15, 0.2) is 53.6 Å². The van der Waals surface area contributed by atoms with Gasteiger partial charge in [-0.05, 0) is 51.5 Å². The van der Waals surface area contributed by atoms with Crippen LogP contribution in [-0.2, 0) is 10.5 Å². The molecule has 0 aliphatic rings. The highest BCUT2D eigenvalue weighted by Crippen LogP contribution is 2.25. The van der Waals surface area contributed by atoms with Crippen molar-refractivity contribution in [2.75, 3.05) is 5.75 Å². The van der Waals surface area contributed by atoms with E-state index in [1.54, 1.807) is 18.0 Å². The highest BCUT2D eigenvalue weighted by atomic mass is 35.5. The molecule has 0 saturated carbocycles. The predicted molar refractivity (Wildman–Crippen MR) is 128 cm³/mol. The topological polar surface area (TPSA) is 46.4 Å². The van der Waals surface area contributed by atoms with Crippen molar-refractivity contribution >= 4 is 35.5 Å². The summed E-state index contributed by atoms with van der Waals surface area (Å²) in [7, 11) is 0. The number of amides is 1. The molecule has 0 aliphatic carbocycles. The van der Waals surface area contributed by atoms with Gasteiger partial charge in [0.15, 0.2) is 0 Å². The van der Waals surface area contributed by atoms with E-state index < -0.39 is 0 Å². The van der Waals surface area contributed by atoms with Crippen molar-refractivity contribution in [3.63, 3.8) is 0 Å². The van der Waals surface area contributed by atoms with E-state index >= 15 is 0 Å². The Hall–Kier alpha value is -2.50. The summed E-state index contributed by atoms with van der Waals surface area (Å²) in [6, 6.07) is 16.2. The highest BCUT2D eigenvalue weighted by molar-refractivity contribution is 7.99. The van der Waals surface area contributed by atoms with Gasteiger partial charge in [0.2, 0.25) is 5.91 Å². The fourth-order valence-electron chi connectivity index (χ4n) is 3.54. The van der Waals surface area contributed by atoms with Gasteiger partial charge in [0.1, 0.15) is 0 Å². The second-order valence-corrected chi connectivity index (χ2v) is 8.79. The number of nitrogens with one attached hydrogen (secondary N) is 1. The molecule has 4 nitrogen and oxygen atoms in total. The highest BCUT2D eigenvalue weighted by Gasteiger charge is 2.11. The SMILES string of the molecule is Cc1cc(C)cc(CSCC(=O)N/N=C/c2cc(C)n(-c3ccccc3Cl)c2C)c1. The van der Waals surface area contributed by atoms with E-state index in [4.69, 9.17) is 11.6 Å². The molecule has 0 atom stereocenters. The first-order chi connectivity index (χ1) is 14.3. The summed E-state index contributed by atoms with van der Waals surface area (Å²) in [4.78, 5) is 12.1. The summed E-state index contributed by atoms with van der Waals surface area (Å²) in [6.45, 7) is 8.21. The number of carbonyl (C=O) groups excluding carboxylic acids is 1. The molecule has 0 spiro atoms. The van der Waals surface area contributed by atoms with E-state index in [0.717, 1.165) is 28.4 Å². The van der Waals surface area contributed by atoms with Crippen molar-refractivity contribution in [3.05, 3.63) is 87.2 Å². The van der Waals surface area contributed by atoms with E-state index in [-0.39, 0.29) is 5.91 Å². The minimum atomic E-state index is -0.111. The zero-order chi connectivity index (χ0) is 21.7. The molecule has 0 aliphatic heterocycles. The Balaban J connectivity index is 1.57. The first-order valence-electron chi connectivity index (χ1n) is 9.76. The van der Waals surface area contributed by atoms with Crippen molar-refractivity contribution in [1.29, 1.82) is 0 Å².